The van der Waals surface area contributed by atoms with Gasteiger partial charge in [0.05, 0.1) is 20.3 Å². The lowest BCUT2D eigenvalue weighted by molar-refractivity contribution is 0.404. The van der Waals surface area contributed by atoms with Crippen molar-refractivity contribution in [1.29, 1.82) is 0 Å². The lowest BCUT2D eigenvalue weighted by Gasteiger charge is -2.40. The molecule has 0 aromatic heterocycles. The molecule has 0 amide bonds. The number of hydrogen-bond acceptors (Lipinski definition) is 3. The van der Waals surface area contributed by atoms with E-state index in [-0.39, 0.29) is 12.0 Å². The van der Waals surface area contributed by atoms with Crippen molar-refractivity contribution < 1.29 is 9.47 Å². The summed E-state index contributed by atoms with van der Waals surface area (Å²) in [5.41, 5.74) is 5.05. The molecule has 0 saturated carbocycles. The average molecular weight is 359 g/mol. The second-order valence-corrected chi connectivity index (χ2v) is 7.10. The van der Waals surface area contributed by atoms with Crippen LogP contribution < -0.4 is 14.8 Å². The molecule has 27 heavy (non-hydrogen) atoms. The fraction of sp³-hybridized carbons (Fsp3) is 0.250. The normalized spacial score (nSPS) is 21.1. The van der Waals surface area contributed by atoms with E-state index in [2.05, 4.69) is 66.8 Å². The van der Waals surface area contributed by atoms with Gasteiger partial charge >= 0.3 is 0 Å². The molecule has 1 aliphatic heterocycles. The van der Waals surface area contributed by atoms with E-state index in [0.29, 0.717) is 5.92 Å². The molecule has 3 nitrogen and oxygen atoms in total. The third kappa shape index (κ3) is 3.25. The highest BCUT2D eigenvalue weighted by atomic mass is 16.5. The molecular formula is C24H25NO2. The van der Waals surface area contributed by atoms with E-state index in [1.54, 1.807) is 14.2 Å². The summed E-state index contributed by atoms with van der Waals surface area (Å²) < 4.78 is 10.8. The summed E-state index contributed by atoms with van der Waals surface area (Å²) in [6.45, 7) is 2.32. The van der Waals surface area contributed by atoms with Gasteiger partial charge in [0.2, 0.25) is 0 Å². The summed E-state index contributed by atoms with van der Waals surface area (Å²) in [7, 11) is 3.42. The molecule has 138 valence electrons. The van der Waals surface area contributed by atoms with Crippen LogP contribution in [-0.2, 0) is 0 Å². The standard InChI is InChI=1S/C24H25NO2/c1-16-23(17-9-11-19(26-2)12-10-17)21-15-20(27-3)13-14-22(21)25-24(16)18-7-5-4-6-8-18/h4-16,23-25H,1-3H3/t16-,23+,24-/m0/s1. The third-order valence-corrected chi connectivity index (χ3v) is 5.59. The van der Waals surface area contributed by atoms with Crippen molar-refractivity contribution in [3.63, 3.8) is 0 Å². The van der Waals surface area contributed by atoms with Crippen LogP contribution in [0.4, 0.5) is 5.69 Å². The predicted molar refractivity (Wildman–Crippen MR) is 110 cm³/mol. The number of methoxy groups -OCH3 is 2. The molecule has 4 rings (SSSR count). The van der Waals surface area contributed by atoms with Crippen LogP contribution >= 0.6 is 0 Å². The Kier molecular flexibility index (Phi) is 4.76. The summed E-state index contributed by atoms with van der Waals surface area (Å²) >= 11 is 0. The van der Waals surface area contributed by atoms with E-state index in [0.717, 1.165) is 11.5 Å². The quantitative estimate of drug-likeness (QED) is 0.654. The van der Waals surface area contributed by atoms with Gasteiger partial charge in [-0.1, -0.05) is 49.4 Å². The second-order valence-electron chi connectivity index (χ2n) is 7.10. The van der Waals surface area contributed by atoms with Gasteiger partial charge in [-0.2, -0.15) is 0 Å². The van der Waals surface area contributed by atoms with E-state index in [1.165, 1.54) is 22.4 Å². The van der Waals surface area contributed by atoms with E-state index >= 15 is 0 Å². The van der Waals surface area contributed by atoms with Gasteiger partial charge in [0.15, 0.2) is 0 Å². The van der Waals surface area contributed by atoms with Crippen LogP contribution in [0.15, 0.2) is 72.8 Å². The molecule has 3 aromatic carbocycles. The maximum absolute atomic E-state index is 5.50. The second kappa shape index (κ2) is 7.36. The molecule has 1 N–H and O–H groups in total. The van der Waals surface area contributed by atoms with Gasteiger partial charge in [0.1, 0.15) is 11.5 Å². The topological polar surface area (TPSA) is 30.5 Å². The number of ether oxygens (including phenoxy) is 2. The molecule has 3 heteroatoms. The first kappa shape index (κ1) is 17.5. The Morgan fingerprint density at radius 2 is 1.41 bits per heavy atom. The molecule has 0 fully saturated rings. The van der Waals surface area contributed by atoms with Crippen LogP contribution in [0.2, 0.25) is 0 Å². The van der Waals surface area contributed by atoms with Crippen molar-refractivity contribution in [1.82, 2.24) is 0 Å². The summed E-state index contributed by atoms with van der Waals surface area (Å²) in [6, 6.07) is 25.7. The Labute approximate surface area is 161 Å². The van der Waals surface area contributed by atoms with Crippen LogP contribution in [-0.4, -0.2) is 14.2 Å². The zero-order valence-electron chi connectivity index (χ0n) is 16.0. The van der Waals surface area contributed by atoms with Gasteiger partial charge in [0.25, 0.3) is 0 Å². The minimum atomic E-state index is 0.249. The first-order valence-electron chi connectivity index (χ1n) is 9.34. The fourth-order valence-electron chi connectivity index (χ4n) is 4.17. The summed E-state index contributed by atoms with van der Waals surface area (Å²) in [5, 5.41) is 3.76. The summed E-state index contributed by atoms with van der Waals surface area (Å²) in [5.74, 6) is 2.41. The zero-order chi connectivity index (χ0) is 18.8. The number of hydrogen-bond donors (Lipinski definition) is 1. The van der Waals surface area contributed by atoms with Gasteiger partial charge in [-0.3, -0.25) is 0 Å². The van der Waals surface area contributed by atoms with E-state index in [4.69, 9.17) is 9.47 Å². The van der Waals surface area contributed by atoms with Crippen LogP contribution in [0.25, 0.3) is 0 Å². The highest BCUT2D eigenvalue weighted by Crippen LogP contribution is 2.48. The number of fused-ring (bicyclic) bond motifs is 1. The first-order valence-corrected chi connectivity index (χ1v) is 9.34. The van der Waals surface area contributed by atoms with E-state index < -0.39 is 0 Å². The summed E-state index contributed by atoms with van der Waals surface area (Å²) in [4.78, 5) is 0. The number of anilines is 1. The van der Waals surface area contributed by atoms with Gasteiger partial charge in [-0.25, -0.2) is 0 Å². The lowest BCUT2D eigenvalue weighted by atomic mass is 9.73. The Bertz CT molecular complexity index is 905. The maximum Gasteiger partial charge on any atom is 0.119 e. The molecule has 3 atom stereocenters. The minimum absolute atomic E-state index is 0.249. The smallest absolute Gasteiger partial charge is 0.119 e. The van der Waals surface area contributed by atoms with Crippen LogP contribution in [0.5, 0.6) is 11.5 Å². The van der Waals surface area contributed by atoms with Crippen LogP contribution in [0.3, 0.4) is 0 Å². The molecule has 1 aliphatic rings. The van der Waals surface area contributed by atoms with Crippen molar-refractivity contribution in [2.45, 2.75) is 18.9 Å². The Morgan fingerprint density at radius 1 is 0.741 bits per heavy atom. The van der Waals surface area contributed by atoms with Crippen molar-refractivity contribution in [3.05, 3.63) is 89.5 Å². The molecule has 0 aliphatic carbocycles. The van der Waals surface area contributed by atoms with Crippen molar-refractivity contribution >= 4 is 5.69 Å². The molecule has 3 aromatic rings. The summed E-state index contributed by atoms with van der Waals surface area (Å²) in [6.07, 6.45) is 0. The molecule has 0 radical (unpaired) electrons. The number of nitrogens with one attached hydrogen (secondary N) is 1. The average Bonchev–Trinajstić information content (AvgIpc) is 2.73. The van der Waals surface area contributed by atoms with Gasteiger partial charge in [0, 0.05) is 11.6 Å². The minimum Gasteiger partial charge on any atom is -0.497 e. The molecule has 0 saturated heterocycles. The van der Waals surface area contributed by atoms with Crippen molar-refractivity contribution in [2.24, 2.45) is 5.92 Å². The predicted octanol–water partition coefficient (Wildman–Crippen LogP) is 5.64. The van der Waals surface area contributed by atoms with Crippen molar-refractivity contribution in [2.75, 3.05) is 19.5 Å². The SMILES string of the molecule is COc1ccc([C@@H]2c3cc(OC)ccc3N[C@H](c3ccccc3)[C@H]2C)cc1. The van der Waals surface area contributed by atoms with E-state index in [1.807, 2.05) is 18.2 Å². The molecular weight excluding hydrogens is 334 g/mol. The van der Waals surface area contributed by atoms with E-state index in [9.17, 15) is 0 Å². The van der Waals surface area contributed by atoms with Crippen LogP contribution in [0.1, 0.15) is 35.6 Å². The van der Waals surface area contributed by atoms with Gasteiger partial charge < -0.3 is 14.8 Å². The maximum atomic E-state index is 5.50. The van der Waals surface area contributed by atoms with Crippen LogP contribution in [0, 0.1) is 5.92 Å². The number of rotatable bonds is 4. The molecule has 0 spiro atoms. The Balaban J connectivity index is 1.82. The largest absolute Gasteiger partial charge is 0.497 e. The van der Waals surface area contributed by atoms with Gasteiger partial charge in [-0.05, 0) is 52.9 Å². The molecule has 0 bridgehead atoms. The number of benzene rings is 3. The fourth-order valence-corrected chi connectivity index (χ4v) is 4.17. The lowest BCUT2D eigenvalue weighted by Crippen LogP contribution is -2.30. The third-order valence-electron chi connectivity index (χ3n) is 5.59. The highest BCUT2D eigenvalue weighted by molar-refractivity contribution is 5.62. The molecule has 0 unspecified atom stereocenters. The monoisotopic (exact) mass is 359 g/mol. The highest BCUT2D eigenvalue weighted by Gasteiger charge is 2.35. The Morgan fingerprint density at radius 3 is 2.07 bits per heavy atom. The van der Waals surface area contributed by atoms with Gasteiger partial charge in [-0.15, -0.1) is 0 Å². The first-order chi connectivity index (χ1) is 13.2. The Hall–Kier alpha value is -2.94. The molecule has 1 heterocycles. The zero-order valence-corrected chi connectivity index (χ0v) is 16.0. The van der Waals surface area contributed by atoms with Crippen molar-refractivity contribution in [3.8, 4) is 11.5 Å².